The molecule has 1 unspecified atom stereocenters. The predicted octanol–water partition coefficient (Wildman–Crippen LogP) is 3.16. The van der Waals surface area contributed by atoms with Gasteiger partial charge in [-0.25, -0.2) is 4.98 Å². The lowest BCUT2D eigenvalue weighted by molar-refractivity contribution is 0.0838. The van der Waals surface area contributed by atoms with E-state index in [4.69, 9.17) is 0 Å². The molecule has 1 fully saturated rings. The van der Waals surface area contributed by atoms with Crippen molar-refractivity contribution in [3.05, 3.63) is 35.7 Å². The summed E-state index contributed by atoms with van der Waals surface area (Å²) in [5.74, 6) is 0.498. The van der Waals surface area contributed by atoms with E-state index in [1.807, 2.05) is 24.3 Å². The minimum Gasteiger partial charge on any atom is -0.273 e. The van der Waals surface area contributed by atoms with Gasteiger partial charge in [0.05, 0.1) is 22.5 Å². The van der Waals surface area contributed by atoms with Gasteiger partial charge >= 0.3 is 0 Å². The zero-order chi connectivity index (χ0) is 13.7. The van der Waals surface area contributed by atoms with Gasteiger partial charge in [0.1, 0.15) is 6.07 Å². The fourth-order valence-corrected chi connectivity index (χ4v) is 3.42. The summed E-state index contributed by atoms with van der Waals surface area (Å²) < 4.78 is 1.65. The van der Waals surface area contributed by atoms with Crippen molar-refractivity contribution in [2.24, 2.45) is 5.92 Å². The third-order valence-corrected chi connectivity index (χ3v) is 4.35. The van der Waals surface area contributed by atoms with Gasteiger partial charge in [0.2, 0.25) is 5.91 Å². The van der Waals surface area contributed by atoms with Crippen LogP contribution in [0.2, 0.25) is 0 Å². The summed E-state index contributed by atoms with van der Waals surface area (Å²) >= 11 is 0. The number of nitriles is 1. The number of aromatic nitrogens is 2. The molecule has 0 N–H and O–H groups in total. The van der Waals surface area contributed by atoms with Crippen LogP contribution in [0.3, 0.4) is 0 Å². The molecule has 0 radical (unpaired) electrons. The lowest BCUT2D eigenvalue weighted by atomic mass is 9.79. The first-order valence-electron chi connectivity index (χ1n) is 6.96. The number of hydrogen-bond acceptors (Lipinski definition) is 3. The van der Waals surface area contributed by atoms with Crippen molar-refractivity contribution in [3.63, 3.8) is 0 Å². The lowest BCUT2D eigenvalue weighted by Gasteiger charge is -2.29. The van der Waals surface area contributed by atoms with E-state index in [1.165, 1.54) is 0 Å². The maximum absolute atomic E-state index is 12.8. The second-order valence-electron chi connectivity index (χ2n) is 5.41. The van der Waals surface area contributed by atoms with E-state index in [-0.39, 0.29) is 11.8 Å². The highest BCUT2D eigenvalue weighted by molar-refractivity contribution is 6.02. The molecule has 98 valence electrons. The lowest BCUT2D eigenvalue weighted by Crippen LogP contribution is -2.31. The number of nitrogens with zero attached hydrogens (tertiary/aromatic N) is 3. The number of imidazole rings is 1. The second kappa shape index (κ2) is 4.04. The summed E-state index contributed by atoms with van der Waals surface area (Å²) in [5, 5.41) is 9.52. The molecule has 4 heteroatoms. The van der Waals surface area contributed by atoms with Gasteiger partial charge in [0, 0.05) is 0 Å². The van der Waals surface area contributed by atoms with Gasteiger partial charge < -0.3 is 0 Å². The van der Waals surface area contributed by atoms with Crippen molar-refractivity contribution < 1.29 is 4.79 Å². The van der Waals surface area contributed by atoms with E-state index >= 15 is 0 Å². The molecule has 0 bridgehead atoms. The molecule has 1 aromatic heterocycles. The molecular weight excluding hydrogens is 250 g/mol. The quantitative estimate of drug-likeness (QED) is 0.733. The van der Waals surface area contributed by atoms with E-state index in [2.05, 4.69) is 11.1 Å². The first kappa shape index (κ1) is 11.4. The van der Waals surface area contributed by atoms with Crippen molar-refractivity contribution in [3.8, 4) is 6.07 Å². The van der Waals surface area contributed by atoms with E-state index in [0.29, 0.717) is 11.4 Å². The van der Waals surface area contributed by atoms with Gasteiger partial charge in [-0.2, -0.15) is 5.26 Å². The summed E-state index contributed by atoms with van der Waals surface area (Å²) in [6.07, 6.45) is 3.82. The molecule has 1 aromatic carbocycles. The minimum atomic E-state index is -0.122. The Balaban J connectivity index is 2.08. The van der Waals surface area contributed by atoms with E-state index < -0.39 is 0 Å². The molecule has 4 nitrogen and oxygen atoms in total. The Morgan fingerprint density at radius 3 is 3.00 bits per heavy atom. The molecule has 1 atom stereocenters. The molecule has 2 heterocycles. The number of carbonyl (C=O) groups is 1. The molecule has 1 saturated carbocycles. The molecule has 2 aromatic rings. The minimum absolute atomic E-state index is 0.0856. The Morgan fingerprint density at radius 2 is 2.15 bits per heavy atom. The van der Waals surface area contributed by atoms with Gasteiger partial charge in [-0.1, -0.05) is 18.6 Å². The zero-order valence-corrected chi connectivity index (χ0v) is 11.0. The topological polar surface area (TPSA) is 58.7 Å². The van der Waals surface area contributed by atoms with Crippen LogP contribution in [-0.2, 0) is 0 Å². The van der Waals surface area contributed by atoms with Gasteiger partial charge in [-0.3, -0.25) is 9.36 Å². The van der Waals surface area contributed by atoms with Crippen LogP contribution in [0.4, 0.5) is 0 Å². The van der Waals surface area contributed by atoms with Crippen molar-refractivity contribution in [2.75, 3.05) is 0 Å². The van der Waals surface area contributed by atoms with Gasteiger partial charge in [0.25, 0.3) is 0 Å². The van der Waals surface area contributed by atoms with Crippen LogP contribution in [0, 0.1) is 17.2 Å². The molecule has 1 aliphatic heterocycles. The summed E-state index contributed by atoms with van der Waals surface area (Å²) in [6.45, 7) is 0. The summed E-state index contributed by atoms with van der Waals surface area (Å²) in [5.41, 5.74) is 3.21. The number of fused-ring (bicyclic) bond motifs is 4. The smallest absolute Gasteiger partial charge is 0.240 e. The van der Waals surface area contributed by atoms with Crippen LogP contribution in [0.5, 0.6) is 0 Å². The van der Waals surface area contributed by atoms with E-state index in [9.17, 15) is 10.1 Å². The Hall–Kier alpha value is -2.41. The molecule has 4 rings (SSSR count). The Morgan fingerprint density at radius 1 is 1.30 bits per heavy atom. The van der Waals surface area contributed by atoms with E-state index in [0.717, 1.165) is 42.3 Å². The summed E-state index contributed by atoms with van der Waals surface area (Å²) in [4.78, 5) is 17.3. The highest BCUT2D eigenvalue weighted by atomic mass is 16.2. The molecule has 0 saturated heterocycles. The highest BCUT2D eigenvalue weighted by Gasteiger charge is 2.37. The van der Waals surface area contributed by atoms with E-state index in [1.54, 1.807) is 4.57 Å². The Labute approximate surface area is 116 Å². The number of para-hydroxylation sites is 2. The maximum atomic E-state index is 12.8. The average Bonchev–Trinajstić information content (AvgIpc) is 2.87. The number of hydrogen-bond donors (Lipinski definition) is 0. The van der Waals surface area contributed by atoms with Crippen molar-refractivity contribution in [1.82, 2.24) is 9.55 Å². The monoisotopic (exact) mass is 263 g/mol. The number of allylic oxidation sites excluding steroid dienone is 2. The molecule has 2 aliphatic rings. The normalized spacial score (nSPS) is 21.6. The van der Waals surface area contributed by atoms with Gasteiger partial charge in [-0.05, 0) is 37.0 Å². The Bertz CT molecular complexity index is 807. The predicted molar refractivity (Wildman–Crippen MR) is 74.9 cm³/mol. The number of carbonyl (C=O) groups excluding carboxylic acids is 1. The second-order valence-corrected chi connectivity index (χ2v) is 5.41. The molecule has 0 amide bonds. The average molecular weight is 263 g/mol. The largest absolute Gasteiger partial charge is 0.273 e. The first-order valence-corrected chi connectivity index (χ1v) is 6.96. The van der Waals surface area contributed by atoms with Crippen LogP contribution < -0.4 is 0 Å². The zero-order valence-electron chi connectivity index (χ0n) is 11.0. The fraction of sp³-hybridized carbons (Fsp3) is 0.312. The van der Waals surface area contributed by atoms with Crippen molar-refractivity contribution in [2.45, 2.75) is 25.7 Å². The summed E-state index contributed by atoms with van der Waals surface area (Å²) in [6, 6.07) is 9.87. The number of benzene rings is 1. The third kappa shape index (κ3) is 1.35. The third-order valence-electron chi connectivity index (χ3n) is 4.35. The maximum Gasteiger partial charge on any atom is 0.240 e. The molecule has 20 heavy (non-hydrogen) atoms. The summed E-state index contributed by atoms with van der Waals surface area (Å²) in [7, 11) is 0. The van der Waals surface area contributed by atoms with Crippen LogP contribution in [0.1, 0.15) is 36.3 Å². The standard InChI is InChI=1S/C16H13N3O/c17-9-12-10-5-1-2-6-11(10)16(20)19-14-8-4-3-7-13(14)18-15(12)19/h3-4,7-8,11H,1-2,5-6H2. The van der Waals surface area contributed by atoms with Crippen LogP contribution >= 0.6 is 0 Å². The number of rotatable bonds is 0. The molecular formula is C16H13N3O. The SMILES string of the molecule is N#CC1=C2CCCCC2C(=O)n2c1nc1ccccc12. The fourth-order valence-electron chi connectivity index (χ4n) is 3.42. The molecule has 0 spiro atoms. The van der Waals surface area contributed by atoms with Gasteiger partial charge in [-0.15, -0.1) is 0 Å². The Kier molecular flexibility index (Phi) is 2.31. The van der Waals surface area contributed by atoms with Crippen molar-refractivity contribution >= 4 is 22.5 Å². The molecule has 1 aliphatic carbocycles. The van der Waals surface area contributed by atoms with Gasteiger partial charge in [0.15, 0.2) is 5.82 Å². The first-order chi connectivity index (χ1) is 9.81. The van der Waals surface area contributed by atoms with Crippen LogP contribution in [0.25, 0.3) is 16.6 Å². The van der Waals surface area contributed by atoms with Crippen LogP contribution in [-0.4, -0.2) is 15.5 Å². The van der Waals surface area contributed by atoms with Crippen molar-refractivity contribution in [1.29, 1.82) is 5.26 Å². The highest BCUT2D eigenvalue weighted by Crippen LogP contribution is 2.40. The van der Waals surface area contributed by atoms with Crippen LogP contribution in [0.15, 0.2) is 29.8 Å².